The molecule has 51 heavy (non-hydrogen) atoms. The van der Waals surface area contributed by atoms with Crippen molar-refractivity contribution in [1.29, 1.82) is 0 Å². The summed E-state index contributed by atoms with van der Waals surface area (Å²) in [5.74, 6) is 5.72. The molecular formula is C48H53N3. The summed E-state index contributed by atoms with van der Waals surface area (Å²) in [6, 6.07) is 16.1. The monoisotopic (exact) mass is 671 g/mol. The number of aromatic nitrogens is 3. The van der Waals surface area contributed by atoms with Crippen LogP contribution in [0.5, 0.6) is 0 Å². The molecule has 0 N–H and O–H groups in total. The third kappa shape index (κ3) is 4.58. The van der Waals surface area contributed by atoms with Gasteiger partial charge in [0.2, 0.25) is 0 Å². The molecule has 3 heteroatoms. The van der Waals surface area contributed by atoms with Crippen molar-refractivity contribution in [1.82, 2.24) is 15.0 Å². The largest absolute Gasteiger partial charge is 0.213 e. The van der Waals surface area contributed by atoms with Crippen LogP contribution in [0, 0.1) is 29.1 Å². The highest BCUT2D eigenvalue weighted by molar-refractivity contribution is 5.88. The summed E-state index contributed by atoms with van der Waals surface area (Å²) in [6.07, 6.45) is 23.2. The lowest BCUT2D eigenvalue weighted by Gasteiger charge is -2.36. The Morgan fingerprint density at radius 1 is 0.725 bits per heavy atom. The topological polar surface area (TPSA) is 38.7 Å². The van der Waals surface area contributed by atoms with Gasteiger partial charge >= 0.3 is 0 Å². The second-order valence-electron chi connectivity index (χ2n) is 18.6. The van der Waals surface area contributed by atoms with Gasteiger partial charge in [-0.25, -0.2) is 15.0 Å². The van der Waals surface area contributed by atoms with Gasteiger partial charge in [0.05, 0.1) is 0 Å². The first-order valence-electron chi connectivity index (χ1n) is 20.1. The summed E-state index contributed by atoms with van der Waals surface area (Å²) in [6.45, 7) is 14.7. The second-order valence-corrected chi connectivity index (χ2v) is 18.6. The van der Waals surface area contributed by atoms with E-state index in [9.17, 15) is 0 Å². The summed E-state index contributed by atoms with van der Waals surface area (Å²) in [5.41, 5.74) is 14.5. The average Bonchev–Trinajstić information content (AvgIpc) is 3.64. The van der Waals surface area contributed by atoms with Gasteiger partial charge in [0.25, 0.3) is 0 Å². The molecule has 5 atom stereocenters. The molecule has 2 aromatic carbocycles. The number of hydrogen-bond acceptors (Lipinski definition) is 3. The first-order valence-corrected chi connectivity index (χ1v) is 20.1. The molecule has 0 aliphatic heterocycles. The van der Waals surface area contributed by atoms with E-state index in [0.717, 1.165) is 67.0 Å². The van der Waals surface area contributed by atoms with E-state index in [4.69, 9.17) is 15.0 Å². The molecule has 0 amide bonds. The fraction of sp³-hybridized carbons (Fsp3) is 0.479. The highest BCUT2D eigenvalue weighted by Crippen LogP contribution is 2.61. The quantitative estimate of drug-likeness (QED) is 0.278. The van der Waals surface area contributed by atoms with Gasteiger partial charge in [-0.3, -0.25) is 0 Å². The standard InChI is InChI=1S/C48H53N3/c1-46(2)37-16-10-7-13-31(37)34-22-19-28(25-40(34)46)43-49-44(29-20-23-35-32-14-8-11-17-38(32)47(3,4)41(35)26-29)51-45(50-43)30-21-24-36-33-15-9-12-18-39(33)48(5,6)42(36)27-30/h7-8,10,13-14,16,20-21,23-24,26-28,33,36,39,42H,9,11-12,15,17-19,22,25H2,1-6H3. The van der Waals surface area contributed by atoms with Crippen LogP contribution in [0.4, 0.5) is 0 Å². The van der Waals surface area contributed by atoms with Crippen LogP contribution in [0.3, 0.4) is 0 Å². The lowest BCUT2D eigenvalue weighted by atomic mass is 9.69. The third-order valence-electron chi connectivity index (χ3n) is 15.1. The van der Waals surface area contributed by atoms with Gasteiger partial charge in [0.15, 0.2) is 11.6 Å². The van der Waals surface area contributed by atoms with Crippen molar-refractivity contribution in [3.63, 3.8) is 0 Å². The molecule has 7 aliphatic rings. The Morgan fingerprint density at radius 3 is 2.41 bits per heavy atom. The van der Waals surface area contributed by atoms with Crippen LogP contribution in [0.15, 0.2) is 84.0 Å². The van der Waals surface area contributed by atoms with E-state index < -0.39 is 0 Å². The maximum Gasteiger partial charge on any atom is 0.163 e. The number of hydrogen-bond donors (Lipinski definition) is 0. The predicted octanol–water partition coefficient (Wildman–Crippen LogP) is 12.0. The Bertz CT molecular complexity index is 2150. The molecule has 260 valence electrons. The number of allylic oxidation sites excluding steroid dienone is 10. The van der Waals surface area contributed by atoms with E-state index in [1.54, 1.807) is 16.7 Å². The minimum absolute atomic E-state index is 0.00785. The molecule has 1 heterocycles. The summed E-state index contributed by atoms with van der Waals surface area (Å²) >= 11 is 0. The Morgan fingerprint density at radius 2 is 1.53 bits per heavy atom. The van der Waals surface area contributed by atoms with Crippen LogP contribution in [-0.4, -0.2) is 15.0 Å². The fourth-order valence-electron chi connectivity index (χ4n) is 12.3. The SMILES string of the molecule is CC1(C)C2=C(C=CCC2)c2ccc(-c3nc(C4=CC5C(C=C4)C4CCCCC4C5(C)C)nc(C4CCC5=C(C4)C(C)(C)c4ccccc45)n3)cc21. The number of rotatable bonds is 3. The minimum atomic E-state index is 0.00785. The first-order chi connectivity index (χ1) is 24.5. The van der Waals surface area contributed by atoms with E-state index in [1.165, 1.54) is 59.1 Å². The molecule has 2 saturated carbocycles. The highest BCUT2D eigenvalue weighted by atomic mass is 15.0. The summed E-state index contributed by atoms with van der Waals surface area (Å²) in [5, 5.41) is 0. The van der Waals surface area contributed by atoms with E-state index in [0.29, 0.717) is 11.8 Å². The zero-order chi connectivity index (χ0) is 34.9. The van der Waals surface area contributed by atoms with Crippen LogP contribution in [0.1, 0.15) is 139 Å². The van der Waals surface area contributed by atoms with Gasteiger partial charge in [0.1, 0.15) is 5.82 Å². The second kappa shape index (κ2) is 11.1. The van der Waals surface area contributed by atoms with Crippen LogP contribution >= 0.6 is 0 Å². The Hall–Kier alpha value is -3.85. The molecule has 1 aromatic heterocycles. The van der Waals surface area contributed by atoms with Crippen molar-refractivity contribution in [2.75, 3.05) is 0 Å². The maximum atomic E-state index is 5.45. The summed E-state index contributed by atoms with van der Waals surface area (Å²) < 4.78 is 0. The molecule has 2 fully saturated rings. The average molecular weight is 672 g/mol. The predicted molar refractivity (Wildman–Crippen MR) is 210 cm³/mol. The lowest BCUT2D eigenvalue weighted by molar-refractivity contribution is 0.148. The zero-order valence-corrected chi connectivity index (χ0v) is 31.5. The van der Waals surface area contributed by atoms with Gasteiger partial charge in [-0.05, 0) is 113 Å². The molecule has 0 bridgehead atoms. The minimum Gasteiger partial charge on any atom is -0.213 e. The molecule has 7 aliphatic carbocycles. The van der Waals surface area contributed by atoms with E-state index >= 15 is 0 Å². The highest BCUT2D eigenvalue weighted by Gasteiger charge is 2.54. The van der Waals surface area contributed by atoms with Crippen LogP contribution in [0.2, 0.25) is 0 Å². The smallest absolute Gasteiger partial charge is 0.163 e. The van der Waals surface area contributed by atoms with Gasteiger partial charge in [0, 0.05) is 27.9 Å². The van der Waals surface area contributed by atoms with Crippen LogP contribution in [0.25, 0.3) is 28.1 Å². The van der Waals surface area contributed by atoms with Crippen molar-refractivity contribution in [2.45, 2.75) is 116 Å². The molecule has 3 nitrogen and oxygen atoms in total. The number of fused-ring (bicyclic) bond motifs is 7. The van der Waals surface area contributed by atoms with Gasteiger partial charge in [-0.15, -0.1) is 0 Å². The fourth-order valence-corrected chi connectivity index (χ4v) is 12.3. The van der Waals surface area contributed by atoms with Crippen molar-refractivity contribution in [3.8, 4) is 11.4 Å². The normalized spacial score (nSPS) is 30.3. The van der Waals surface area contributed by atoms with E-state index in [1.807, 2.05) is 0 Å². The van der Waals surface area contributed by atoms with E-state index in [2.05, 4.69) is 114 Å². The first kappa shape index (κ1) is 31.9. The summed E-state index contributed by atoms with van der Waals surface area (Å²) in [7, 11) is 0. The Balaban J connectivity index is 1.08. The molecule has 0 saturated heterocycles. The lowest BCUT2D eigenvalue weighted by Crippen LogP contribution is -2.28. The molecule has 3 aromatic rings. The van der Waals surface area contributed by atoms with Gasteiger partial charge < -0.3 is 0 Å². The number of benzene rings is 2. The molecular weight excluding hydrogens is 619 g/mol. The van der Waals surface area contributed by atoms with Crippen molar-refractivity contribution in [3.05, 3.63) is 118 Å². The van der Waals surface area contributed by atoms with Crippen molar-refractivity contribution in [2.24, 2.45) is 29.1 Å². The van der Waals surface area contributed by atoms with Gasteiger partial charge in [-0.2, -0.15) is 0 Å². The maximum absolute atomic E-state index is 5.45. The summed E-state index contributed by atoms with van der Waals surface area (Å²) in [4.78, 5) is 16.3. The molecule has 0 radical (unpaired) electrons. The third-order valence-corrected chi connectivity index (χ3v) is 15.1. The van der Waals surface area contributed by atoms with E-state index in [-0.39, 0.29) is 22.2 Å². The Labute approximate surface area is 305 Å². The Kier molecular flexibility index (Phi) is 6.92. The van der Waals surface area contributed by atoms with Crippen LogP contribution in [-0.2, 0) is 10.8 Å². The van der Waals surface area contributed by atoms with Crippen molar-refractivity contribution >= 4 is 16.7 Å². The van der Waals surface area contributed by atoms with Gasteiger partial charge in [-0.1, -0.05) is 132 Å². The molecule has 10 rings (SSSR count). The zero-order valence-electron chi connectivity index (χ0n) is 31.5. The molecule has 0 spiro atoms. The van der Waals surface area contributed by atoms with Crippen LogP contribution < -0.4 is 0 Å². The number of nitrogens with zero attached hydrogens (tertiary/aromatic N) is 3. The van der Waals surface area contributed by atoms with Crippen molar-refractivity contribution < 1.29 is 0 Å². The molecule has 5 unspecified atom stereocenters.